The molecule has 1 fully saturated rings. The average molecular weight is 495 g/mol. The van der Waals surface area contributed by atoms with Crippen LogP contribution in [0.3, 0.4) is 0 Å². The van der Waals surface area contributed by atoms with Crippen molar-refractivity contribution in [2.75, 3.05) is 26.3 Å². The van der Waals surface area contributed by atoms with Crippen LogP contribution in [0.1, 0.15) is 21.6 Å². The molecule has 32 heavy (non-hydrogen) atoms. The van der Waals surface area contributed by atoms with Gasteiger partial charge in [-0.1, -0.05) is 41.4 Å². The molecule has 4 rings (SSSR count). The van der Waals surface area contributed by atoms with E-state index in [0.717, 1.165) is 16.5 Å². The van der Waals surface area contributed by atoms with Gasteiger partial charge in [0.15, 0.2) is 0 Å². The van der Waals surface area contributed by atoms with Crippen molar-refractivity contribution in [3.63, 3.8) is 0 Å². The number of rotatable bonds is 5. The van der Waals surface area contributed by atoms with Gasteiger partial charge in [-0.15, -0.1) is 0 Å². The first-order chi connectivity index (χ1) is 15.3. The zero-order chi connectivity index (χ0) is 22.9. The highest BCUT2D eigenvalue weighted by Gasteiger charge is 2.28. The van der Waals surface area contributed by atoms with E-state index in [-0.39, 0.29) is 35.2 Å². The first-order valence-corrected chi connectivity index (χ1v) is 12.1. The number of pyridine rings is 1. The predicted octanol–water partition coefficient (Wildman–Crippen LogP) is 4.23. The van der Waals surface area contributed by atoms with E-state index in [9.17, 15) is 13.2 Å². The van der Waals surface area contributed by atoms with Gasteiger partial charge in [-0.25, -0.2) is 18.2 Å². The van der Waals surface area contributed by atoms with Crippen LogP contribution in [-0.4, -0.2) is 50.0 Å². The van der Waals surface area contributed by atoms with E-state index in [1.165, 1.54) is 22.5 Å². The molecule has 0 bridgehead atoms. The molecule has 1 saturated heterocycles. The summed E-state index contributed by atoms with van der Waals surface area (Å²) in [4.78, 5) is 17.2. The summed E-state index contributed by atoms with van der Waals surface area (Å²) in [5.74, 6) is -0.766. The number of aryl methyl sites for hydroxylation is 1. The van der Waals surface area contributed by atoms with E-state index in [1.54, 1.807) is 0 Å². The maximum atomic E-state index is 12.9. The van der Waals surface area contributed by atoms with E-state index < -0.39 is 16.0 Å². The number of benzene rings is 2. The lowest BCUT2D eigenvalue weighted by Gasteiger charge is -2.26. The molecule has 0 amide bonds. The van der Waals surface area contributed by atoms with Gasteiger partial charge in [-0.3, -0.25) is 0 Å². The van der Waals surface area contributed by atoms with Gasteiger partial charge in [0.1, 0.15) is 6.61 Å². The molecule has 7 nitrogen and oxygen atoms in total. The molecule has 0 aliphatic carbocycles. The second-order valence-electron chi connectivity index (χ2n) is 7.25. The molecule has 3 aromatic rings. The van der Waals surface area contributed by atoms with Gasteiger partial charge < -0.3 is 9.47 Å². The number of halogens is 2. The third kappa shape index (κ3) is 4.46. The van der Waals surface area contributed by atoms with Gasteiger partial charge in [0.05, 0.1) is 44.9 Å². The fourth-order valence-electron chi connectivity index (χ4n) is 3.48. The number of carbonyl (C=O) groups excluding carboxylic acids is 1. The van der Waals surface area contributed by atoms with Crippen molar-refractivity contribution in [1.29, 1.82) is 0 Å². The second-order valence-corrected chi connectivity index (χ2v) is 9.97. The van der Waals surface area contributed by atoms with E-state index in [2.05, 4.69) is 4.98 Å². The summed E-state index contributed by atoms with van der Waals surface area (Å²) >= 11 is 12.6. The molecule has 2 heterocycles. The number of carbonyl (C=O) groups is 1. The Morgan fingerprint density at radius 2 is 1.88 bits per heavy atom. The molecule has 1 aliphatic heterocycles. The van der Waals surface area contributed by atoms with E-state index in [1.807, 2.05) is 31.2 Å². The van der Waals surface area contributed by atoms with Gasteiger partial charge in [0, 0.05) is 18.5 Å². The fraction of sp³-hybridized carbons (Fsp3) is 0.273. The number of esters is 1. The number of aromatic nitrogens is 1. The summed E-state index contributed by atoms with van der Waals surface area (Å²) in [5.41, 5.74) is 1.93. The summed E-state index contributed by atoms with van der Waals surface area (Å²) in [6.45, 7) is 2.82. The van der Waals surface area contributed by atoms with Gasteiger partial charge in [-0.2, -0.15) is 4.31 Å². The first kappa shape index (κ1) is 22.9. The van der Waals surface area contributed by atoms with Crippen molar-refractivity contribution >= 4 is 50.1 Å². The molecule has 0 saturated carbocycles. The number of nitrogens with zero attached hydrogens (tertiary/aromatic N) is 2. The molecular formula is C22H20Cl2N2O5S. The lowest BCUT2D eigenvalue weighted by Crippen LogP contribution is -2.40. The second kappa shape index (κ2) is 9.33. The third-order valence-corrected chi connectivity index (χ3v) is 7.98. The third-order valence-electron chi connectivity index (χ3n) is 5.25. The lowest BCUT2D eigenvalue weighted by atomic mass is 10.1. The van der Waals surface area contributed by atoms with Crippen molar-refractivity contribution in [3.8, 4) is 0 Å². The molecule has 0 unspecified atom stereocenters. The van der Waals surface area contributed by atoms with Gasteiger partial charge in [0.25, 0.3) is 0 Å². The Morgan fingerprint density at radius 3 is 2.62 bits per heavy atom. The van der Waals surface area contributed by atoms with Crippen LogP contribution in [0.4, 0.5) is 0 Å². The van der Waals surface area contributed by atoms with Crippen LogP contribution in [0.15, 0.2) is 47.4 Å². The zero-order valence-electron chi connectivity index (χ0n) is 17.2. The van der Waals surface area contributed by atoms with Crippen molar-refractivity contribution in [2.45, 2.75) is 18.4 Å². The lowest BCUT2D eigenvalue weighted by molar-refractivity contribution is 0.0468. The Hall–Kier alpha value is -2.23. The summed E-state index contributed by atoms with van der Waals surface area (Å²) in [7, 11) is -3.79. The quantitative estimate of drug-likeness (QED) is 0.493. The normalized spacial score (nSPS) is 15.1. The Morgan fingerprint density at radius 1 is 1.16 bits per heavy atom. The molecule has 2 aromatic carbocycles. The SMILES string of the molecule is Cc1c(Cl)c(COC(=O)c2cc(S(=O)(=O)N3CCOCC3)ccc2Cl)nc2ccccc12. The van der Waals surface area contributed by atoms with Crippen LogP contribution < -0.4 is 0 Å². The van der Waals surface area contributed by atoms with Gasteiger partial charge in [-0.05, 0) is 36.8 Å². The van der Waals surface area contributed by atoms with Gasteiger partial charge >= 0.3 is 5.97 Å². The molecule has 10 heteroatoms. The maximum absolute atomic E-state index is 12.9. The molecule has 0 N–H and O–H groups in total. The standard InChI is InChI=1S/C22H20Cl2N2O5S/c1-14-16-4-2-3-5-19(16)25-20(21(14)24)13-31-22(27)17-12-15(6-7-18(17)23)32(28,29)26-8-10-30-11-9-26/h2-7,12H,8-11,13H2,1H3. The summed E-state index contributed by atoms with van der Waals surface area (Å²) < 4.78 is 37.7. The van der Waals surface area contributed by atoms with Crippen LogP contribution in [0.2, 0.25) is 10.0 Å². The minimum absolute atomic E-state index is 0.0338. The Labute approximate surface area is 195 Å². The number of hydrogen-bond acceptors (Lipinski definition) is 6. The zero-order valence-corrected chi connectivity index (χ0v) is 19.5. The van der Waals surface area contributed by atoms with Crippen LogP contribution in [0, 0.1) is 6.92 Å². The van der Waals surface area contributed by atoms with Crippen LogP contribution in [0.25, 0.3) is 10.9 Å². The van der Waals surface area contributed by atoms with Crippen molar-refractivity contribution < 1.29 is 22.7 Å². The summed E-state index contributed by atoms with van der Waals surface area (Å²) in [6.07, 6.45) is 0. The van der Waals surface area contributed by atoms with Gasteiger partial charge in [0.2, 0.25) is 10.0 Å². The topological polar surface area (TPSA) is 85.8 Å². The van der Waals surface area contributed by atoms with Crippen molar-refractivity contribution in [1.82, 2.24) is 9.29 Å². The molecule has 1 aliphatic rings. The fourth-order valence-corrected chi connectivity index (χ4v) is 5.31. The Balaban J connectivity index is 1.57. The molecule has 0 spiro atoms. The Kier molecular flexibility index (Phi) is 6.69. The molecule has 1 aromatic heterocycles. The van der Waals surface area contributed by atoms with Crippen LogP contribution in [-0.2, 0) is 26.1 Å². The van der Waals surface area contributed by atoms with Crippen molar-refractivity contribution in [2.24, 2.45) is 0 Å². The highest BCUT2D eigenvalue weighted by Crippen LogP contribution is 2.28. The number of para-hydroxylation sites is 1. The number of fused-ring (bicyclic) bond motifs is 1. The van der Waals surface area contributed by atoms with Crippen molar-refractivity contribution in [3.05, 3.63) is 69.3 Å². The number of morpholine rings is 1. The predicted molar refractivity (Wildman–Crippen MR) is 122 cm³/mol. The number of sulfonamides is 1. The van der Waals surface area contributed by atoms with E-state index >= 15 is 0 Å². The largest absolute Gasteiger partial charge is 0.455 e. The highest BCUT2D eigenvalue weighted by atomic mass is 35.5. The molecule has 0 atom stereocenters. The van der Waals surface area contributed by atoms with Crippen LogP contribution in [0.5, 0.6) is 0 Å². The molecule has 0 radical (unpaired) electrons. The number of hydrogen-bond donors (Lipinski definition) is 0. The highest BCUT2D eigenvalue weighted by molar-refractivity contribution is 7.89. The first-order valence-electron chi connectivity index (χ1n) is 9.87. The summed E-state index contributed by atoms with van der Waals surface area (Å²) in [5, 5.41) is 1.41. The van der Waals surface area contributed by atoms with E-state index in [4.69, 9.17) is 32.7 Å². The van der Waals surface area contributed by atoms with E-state index in [0.29, 0.717) is 23.9 Å². The average Bonchev–Trinajstić information content (AvgIpc) is 2.81. The minimum Gasteiger partial charge on any atom is -0.455 e. The maximum Gasteiger partial charge on any atom is 0.340 e. The minimum atomic E-state index is -3.79. The van der Waals surface area contributed by atoms with Crippen LogP contribution >= 0.6 is 23.2 Å². The molecular weight excluding hydrogens is 475 g/mol. The number of ether oxygens (including phenoxy) is 2. The summed E-state index contributed by atoms with van der Waals surface area (Å²) in [6, 6.07) is 11.5. The molecule has 168 valence electrons. The smallest absolute Gasteiger partial charge is 0.340 e. The monoisotopic (exact) mass is 494 g/mol. The Bertz CT molecular complexity index is 1290.